The van der Waals surface area contributed by atoms with Gasteiger partial charge in [-0.2, -0.15) is 13.2 Å². The topological polar surface area (TPSA) is 70.8 Å². The summed E-state index contributed by atoms with van der Waals surface area (Å²) in [5.41, 5.74) is -1.06. The van der Waals surface area contributed by atoms with Gasteiger partial charge in [-0.1, -0.05) is 31.2 Å². The van der Waals surface area contributed by atoms with Gasteiger partial charge in [-0.05, 0) is 30.5 Å². The van der Waals surface area contributed by atoms with Crippen LogP contribution >= 0.6 is 0 Å². The molecule has 1 unspecified atom stereocenters. The number of nitrogens with zero attached hydrogens (tertiary/aromatic N) is 1. The van der Waals surface area contributed by atoms with Crippen LogP contribution in [0.4, 0.5) is 13.2 Å². The molecule has 0 bridgehead atoms. The van der Waals surface area contributed by atoms with Crippen molar-refractivity contribution in [1.29, 1.82) is 0 Å². The molecule has 1 aliphatic heterocycles. The van der Waals surface area contributed by atoms with E-state index in [1.807, 2.05) is 31.2 Å². The van der Waals surface area contributed by atoms with E-state index in [-0.39, 0.29) is 12.3 Å². The Bertz CT molecular complexity index is 857. The minimum Gasteiger partial charge on any atom is -0.481 e. The van der Waals surface area contributed by atoms with E-state index in [1.165, 1.54) is 6.07 Å². The summed E-state index contributed by atoms with van der Waals surface area (Å²) in [6, 6.07) is 10.5. The summed E-state index contributed by atoms with van der Waals surface area (Å²) >= 11 is 0. The first-order chi connectivity index (χ1) is 12.7. The molecule has 0 spiro atoms. The number of alkyl halides is 3. The quantitative estimate of drug-likeness (QED) is 0.869. The maximum atomic E-state index is 13.3. The fourth-order valence-corrected chi connectivity index (χ4v) is 3.18. The number of furan rings is 1. The Morgan fingerprint density at radius 2 is 1.85 bits per heavy atom. The summed E-state index contributed by atoms with van der Waals surface area (Å²) in [7, 11) is 0. The lowest BCUT2D eigenvalue weighted by molar-refractivity contribution is -0.227. The number of hydrogen-bond donors (Lipinski definition) is 1. The molecule has 2 aromatic rings. The van der Waals surface area contributed by atoms with Gasteiger partial charge in [0.2, 0.25) is 0 Å². The molecule has 144 valence electrons. The number of benzene rings is 1. The first kappa shape index (κ1) is 19.0. The average molecular weight is 381 g/mol. The van der Waals surface area contributed by atoms with Crippen molar-refractivity contribution in [3.8, 4) is 11.3 Å². The molecule has 1 saturated heterocycles. The molecule has 1 amide bonds. The highest BCUT2D eigenvalue weighted by Gasteiger charge is 2.64. The third-order valence-corrected chi connectivity index (χ3v) is 4.97. The normalized spacial score (nSPS) is 20.1. The third-order valence-electron chi connectivity index (χ3n) is 4.97. The molecular formula is C19H18F3NO4. The van der Waals surface area contributed by atoms with E-state index in [1.54, 1.807) is 6.07 Å². The Hall–Kier alpha value is -2.77. The van der Waals surface area contributed by atoms with E-state index in [2.05, 4.69) is 0 Å². The monoisotopic (exact) mass is 381 g/mol. The van der Waals surface area contributed by atoms with Crippen LogP contribution in [0.3, 0.4) is 0 Å². The molecule has 1 aromatic heterocycles. The second kappa shape index (κ2) is 6.75. The van der Waals surface area contributed by atoms with Crippen LogP contribution in [0.2, 0.25) is 0 Å². The number of likely N-dealkylation sites (tertiary alicyclic amines) is 1. The van der Waals surface area contributed by atoms with Gasteiger partial charge in [0.15, 0.2) is 11.2 Å². The average Bonchev–Trinajstić information content (AvgIpc) is 3.29. The van der Waals surface area contributed by atoms with Crippen LogP contribution in [-0.2, 0) is 11.2 Å². The molecule has 5 nitrogen and oxygen atoms in total. The zero-order valence-electron chi connectivity index (χ0n) is 14.5. The maximum absolute atomic E-state index is 13.3. The van der Waals surface area contributed by atoms with Gasteiger partial charge in [0, 0.05) is 18.7 Å². The van der Waals surface area contributed by atoms with E-state index in [0.717, 1.165) is 22.4 Å². The van der Waals surface area contributed by atoms with Crippen molar-refractivity contribution < 1.29 is 32.3 Å². The largest absolute Gasteiger partial charge is 0.481 e. The summed E-state index contributed by atoms with van der Waals surface area (Å²) in [6.45, 7) is 0.796. The van der Waals surface area contributed by atoms with Crippen molar-refractivity contribution >= 4 is 11.9 Å². The first-order valence-electron chi connectivity index (χ1n) is 8.46. The summed E-state index contributed by atoms with van der Waals surface area (Å²) in [5, 5.41) is 9.08. The number of carbonyl (C=O) groups is 2. The highest BCUT2D eigenvalue weighted by atomic mass is 19.4. The van der Waals surface area contributed by atoms with Crippen LogP contribution in [0.1, 0.15) is 29.5 Å². The zero-order valence-corrected chi connectivity index (χ0v) is 14.5. The summed E-state index contributed by atoms with van der Waals surface area (Å²) in [4.78, 5) is 24.6. The number of carbonyl (C=O) groups excluding carboxylic acids is 1. The van der Waals surface area contributed by atoms with E-state index in [0.29, 0.717) is 5.76 Å². The number of carboxylic acid groups (broad SMARTS) is 1. The smallest absolute Gasteiger partial charge is 0.406 e. The number of hydrogen-bond acceptors (Lipinski definition) is 3. The molecule has 1 aliphatic rings. The fraction of sp³-hybridized carbons (Fsp3) is 0.368. The molecule has 1 atom stereocenters. The lowest BCUT2D eigenvalue weighted by atomic mass is 9.86. The molecule has 8 heteroatoms. The van der Waals surface area contributed by atoms with Crippen molar-refractivity contribution in [3.05, 3.63) is 47.7 Å². The second-order valence-electron chi connectivity index (χ2n) is 6.58. The predicted molar refractivity (Wildman–Crippen MR) is 90.2 cm³/mol. The molecule has 1 fully saturated rings. The summed E-state index contributed by atoms with van der Waals surface area (Å²) in [6.07, 6.45) is -4.74. The second-order valence-corrected chi connectivity index (χ2v) is 6.58. The summed E-state index contributed by atoms with van der Waals surface area (Å²) in [5.74, 6) is -2.42. The standard InChI is InChI=1S/C19H18F3NO4/c1-2-12-3-5-13(6-4-12)14-7-8-15(27-14)16(24)23-10-9-18(11-23,17(25)26)19(20,21)22/h3-8H,2,9-11H2,1H3,(H,25,26). The van der Waals surface area contributed by atoms with Crippen molar-refractivity contribution in [1.82, 2.24) is 4.90 Å². The Morgan fingerprint density at radius 3 is 2.37 bits per heavy atom. The van der Waals surface area contributed by atoms with Gasteiger partial charge in [0.25, 0.3) is 5.91 Å². The molecule has 3 rings (SSSR count). The van der Waals surface area contributed by atoms with Gasteiger partial charge in [0.05, 0.1) is 0 Å². The van der Waals surface area contributed by atoms with Gasteiger partial charge in [-0.25, -0.2) is 0 Å². The molecule has 0 radical (unpaired) electrons. The van der Waals surface area contributed by atoms with Crippen LogP contribution in [0.25, 0.3) is 11.3 Å². The number of aryl methyl sites for hydroxylation is 1. The van der Waals surface area contributed by atoms with Crippen molar-refractivity contribution in [2.45, 2.75) is 25.9 Å². The minimum atomic E-state index is -4.94. The summed E-state index contributed by atoms with van der Waals surface area (Å²) < 4.78 is 45.3. The van der Waals surface area contributed by atoms with Gasteiger partial charge in [-0.15, -0.1) is 0 Å². The number of halogens is 3. The van der Waals surface area contributed by atoms with Crippen LogP contribution in [0.15, 0.2) is 40.8 Å². The molecule has 2 heterocycles. The molecule has 0 aliphatic carbocycles. The lowest BCUT2D eigenvalue weighted by Gasteiger charge is -2.26. The van der Waals surface area contributed by atoms with Crippen molar-refractivity contribution in [3.63, 3.8) is 0 Å². The van der Waals surface area contributed by atoms with E-state index in [4.69, 9.17) is 9.52 Å². The highest BCUT2D eigenvalue weighted by Crippen LogP contribution is 2.46. The fourth-order valence-electron chi connectivity index (χ4n) is 3.18. The van der Waals surface area contributed by atoms with Gasteiger partial charge in [-0.3, -0.25) is 9.59 Å². The first-order valence-corrected chi connectivity index (χ1v) is 8.46. The molecule has 27 heavy (non-hydrogen) atoms. The number of rotatable bonds is 4. The van der Waals surface area contributed by atoms with E-state index < -0.39 is 36.4 Å². The maximum Gasteiger partial charge on any atom is 0.406 e. The van der Waals surface area contributed by atoms with Gasteiger partial charge >= 0.3 is 12.1 Å². The Balaban J connectivity index is 1.79. The number of amides is 1. The number of aliphatic carboxylic acids is 1. The third kappa shape index (κ3) is 3.31. The Labute approximate surface area is 153 Å². The van der Waals surface area contributed by atoms with Crippen LogP contribution in [0.5, 0.6) is 0 Å². The lowest BCUT2D eigenvalue weighted by Crippen LogP contribution is -2.47. The minimum absolute atomic E-state index is 0.118. The highest BCUT2D eigenvalue weighted by molar-refractivity contribution is 5.93. The van der Waals surface area contributed by atoms with Gasteiger partial charge in [0.1, 0.15) is 5.76 Å². The SMILES string of the molecule is CCc1ccc(-c2ccc(C(=O)N3CCC(C(=O)O)(C(F)(F)F)C3)o2)cc1. The molecule has 1 aromatic carbocycles. The van der Waals surface area contributed by atoms with E-state index in [9.17, 15) is 22.8 Å². The molecule has 0 saturated carbocycles. The van der Waals surface area contributed by atoms with Crippen molar-refractivity contribution in [2.24, 2.45) is 5.41 Å². The van der Waals surface area contributed by atoms with Crippen LogP contribution < -0.4 is 0 Å². The van der Waals surface area contributed by atoms with Crippen LogP contribution in [0, 0.1) is 5.41 Å². The van der Waals surface area contributed by atoms with Gasteiger partial charge < -0.3 is 14.4 Å². The Morgan fingerprint density at radius 1 is 1.19 bits per heavy atom. The van der Waals surface area contributed by atoms with Crippen LogP contribution in [-0.4, -0.2) is 41.1 Å². The Kier molecular flexibility index (Phi) is 4.75. The van der Waals surface area contributed by atoms with Crippen molar-refractivity contribution in [2.75, 3.05) is 13.1 Å². The zero-order chi connectivity index (χ0) is 19.8. The van der Waals surface area contributed by atoms with E-state index >= 15 is 0 Å². The number of carboxylic acids is 1. The predicted octanol–water partition coefficient (Wildman–Crippen LogP) is 3.99. The molecular weight excluding hydrogens is 363 g/mol. The molecule has 1 N–H and O–H groups in total.